The predicted molar refractivity (Wildman–Crippen MR) is 91.5 cm³/mol. The van der Waals surface area contributed by atoms with Crippen LogP contribution in [-0.2, 0) is 9.53 Å². The molecule has 1 aromatic carbocycles. The van der Waals surface area contributed by atoms with Crippen molar-refractivity contribution < 1.29 is 19.7 Å². The quantitative estimate of drug-likeness (QED) is 0.901. The highest BCUT2D eigenvalue weighted by Crippen LogP contribution is 2.33. The SMILES string of the molecule is C[C@@H](O)c1ccc2cnc(/C=C/C3(C(=O)O)CCOCC3)cc2c1. The van der Waals surface area contributed by atoms with E-state index in [1.165, 1.54) is 0 Å². The summed E-state index contributed by atoms with van der Waals surface area (Å²) in [7, 11) is 0. The fourth-order valence-corrected chi connectivity index (χ4v) is 2.96. The Morgan fingerprint density at radius 2 is 2.04 bits per heavy atom. The van der Waals surface area contributed by atoms with Crippen LogP contribution in [0, 0.1) is 5.41 Å². The summed E-state index contributed by atoms with van der Waals surface area (Å²) in [6, 6.07) is 7.65. The highest BCUT2D eigenvalue weighted by Gasteiger charge is 2.37. The Hall–Kier alpha value is -2.24. The molecule has 2 N–H and O–H groups in total. The summed E-state index contributed by atoms with van der Waals surface area (Å²) in [5, 5.41) is 21.2. The van der Waals surface area contributed by atoms with Crippen molar-refractivity contribution >= 4 is 22.8 Å². The number of hydrogen-bond donors (Lipinski definition) is 2. The molecule has 0 spiro atoms. The summed E-state index contributed by atoms with van der Waals surface area (Å²) >= 11 is 0. The Labute approximate surface area is 140 Å². The highest BCUT2D eigenvalue weighted by atomic mass is 16.5. The molecule has 126 valence electrons. The highest BCUT2D eigenvalue weighted by molar-refractivity contribution is 5.84. The summed E-state index contributed by atoms with van der Waals surface area (Å²) in [5.41, 5.74) is 0.670. The van der Waals surface area contributed by atoms with Crippen LogP contribution in [0.4, 0.5) is 0 Å². The zero-order valence-corrected chi connectivity index (χ0v) is 13.6. The second kappa shape index (κ2) is 6.71. The maximum atomic E-state index is 11.7. The molecule has 5 heteroatoms. The van der Waals surface area contributed by atoms with Crippen LogP contribution in [-0.4, -0.2) is 34.4 Å². The molecule has 1 aliphatic rings. The van der Waals surface area contributed by atoms with Gasteiger partial charge in [-0.1, -0.05) is 18.2 Å². The Balaban J connectivity index is 1.92. The summed E-state index contributed by atoms with van der Waals surface area (Å²) in [6.07, 6.45) is 5.69. The number of pyridine rings is 1. The number of aromatic nitrogens is 1. The number of aliphatic hydroxyl groups is 1. The zero-order chi connectivity index (χ0) is 17.2. The van der Waals surface area contributed by atoms with Crippen molar-refractivity contribution in [1.82, 2.24) is 4.98 Å². The number of aliphatic carboxylic acids is 1. The molecule has 1 aromatic heterocycles. The van der Waals surface area contributed by atoms with Gasteiger partial charge in [0.1, 0.15) is 0 Å². The summed E-state index contributed by atoms with van der Waals surface area (Å²) < 4.78 is 5.28. The largest absolute Gasteiger partial charge is 0.481 e. The first-order chi connectivity index (χ1) is 11.5. The molecule has 3 rings (SSSR count). The minimum atomic E-state index is -0.879. The number of fused-ring (bicyclic) bond motifs is 1. The van der Waals surface area contributed by atoms with Gasteiger partial charge in [-0.15, -0.1) is 0 Å². The molecule has 0 bridgehead atoms. The number of aliphatic hydroxyl groups excluding tert-OH is 1. The van der Waals surface area contributed by atoms with E-state index in [0.29, 0.717) is 31.7 Å². The monoisotopic (exact) mass is 327 g/mol. The van der Waals surface area contributed by atoms with Gasteiger partial charge in [0.2, 0.25) is 0 Å². The Morgan fingerprint density at radius 1 is 1.29 bits per heavy atom. The van der Waals surface area contributed by atoms with Gasteiger partial charge in [-0.2, -0.15) is 0 Å². The minimum Gasteiger partial charge on any atom is -0.481 e. The Kier molecular flexibility index (Phi) is 4.64. The lowest BCUT2D eigenvalue weighted by Crippen LogP contribution is -2.35. The lowest BCUT2D eigenvalue weighted by Gasteiger charge is -2.30. The number of carboxylic acid groups (broad SMARTS) is 1. The Bertz CT molecular complexity index is 776. The predicted octanol–water partition coefficient (Wildman–Crippen LogP) is 3.18. The summed E-state index contributed by atoms with van der Waals surface area (Å²) in [6.45, 7) is 2.64. The minimum absolute atomic E-state index is 0.458. The van der Waals surface area contributed by atoms with Crippen LogP contribution in [0.15, 0.2) is 36.5 Å². The molecular formula is C19H21NO4. The average molecular weight is 327 g/mol. The van der Waals surface area contributed by atoms with Crippen LogP contribution in [0.1, 0.15) is 37.1 Å². The van der Waals surface area contributed by atoms with Gasteiger partial charge in [0.05, 0.1) is 17.2 Å². The number of carboxylic acids is 1. The lowest BCUT2D eigenvalue weighted by molar-refractivity contribution is -0.150. The van der Waals surface area contributed by atoms with Crippen LogP contribution >= 0.6 is 0 Å². The van der Waals surface area contributed by atoms with E-state index in [0.717, 1.165) is 16.3 Å². The third kappa shape index (κ3) is 3.32. The molecule has 1 aliphatic heterocycles. The number of nitrogens with zero attached hydrogens (tertiary/aromatic N) is 1. The molecule has 0 aliphatic carbocycles. The average Bonchev–Trinajstić information content (AvgIpc) is 2.60. The van der Waals surface area contributed by atoms with Gasteiger partial charge < -0.3 is 14.9 Å². The topological polar surface area (TPSA) is 79.7 Å². The molecular weight excluding hydrogens is 306 g/mol. The van der Waals surface area contributed by atoms with Gasteiger partial charge in [0, 0.05) is 24.8 Å². The summed E-state index contributed by atoms with van der Waals surface area (Å²) in [5.74, 6) is -0.820. The van der Waals surface area contributed by atoms with Crippen molar-refractivity contribution in [2.24, 2.45) is 5.41 Å². The number of hydrogen-bond acceptors (Lipinski definition) is 4. The molecule has 0 radical (unpaired) electrons. The van der Waals surface area contributed by atoms with Crippen molar-refractivity contribution in [3.8, 4) is 0 Å². The maximum Gasteiger partial charge on any atom is 0.313 e. The van der Waals surface area contributed by atoms with Crippen LogP contribution in [0.3, 0.4) is 0 Å². The van der Waals surface area contributed by atoms with Crippen molar-refractivity contribution in [3.05, 3.63) is 47.8 Å². The molecule has 2 heterocycles. The van der Waals surface area contributed by atoms with Gasteiger partial charge in [-0.25, -0.2) is 0 Å². The van der Waals surface area contributed by atoms with Gasteiger partial charge in [0.25, 0.3) is 0 Å². The molecule has 5 nitrogen and oxygen atoms in total. The van der Waals surface area contributed by atoms with Crippen molar-refractivity contribution in [1.29, 1.82) is 0 Å². The van der Waals surface area contributed by atoms with E-state index in [1.54, 1.807) is 25.3 Å². The van der Waals surface area contributed by atoms with E-state index < -0.39 is 17.5 Å². The van der Waals surface area contributed by atoms with Crippen LogP contribution in [0.25, 0.3) is 16.8 Å². The smallest absolute Gasteiger partial charge is 0.313 e. The van der Waals surface area contributed by atoms with Gasteiger partial charge in [0.15, 0.2) is 0 Å². The fraction of sp³-hybridized carbons (Fsp3) is 0.368. The first-order valence-electron chi connectivity index (χ1n) is 8.08. The molecule has 0 saturated carbocycles. The van der Waals surface area contributed by atoms with Crippen molar-refractivity contribution in [2.75, 3.05) is 13.2 Å². The van der Waals surface area contributed by atoms with E-state index in [-0.39, 0.29) is 0 Å². The van der Waals surface area contributed by atoms with E-state index in [4.69, 9.17) is 4.74 Å². The second-order valence-corrected chi connectivity index (χ2v) is 6.30. The summed E-state index contributed by atoms with van der Waals surface area (Å²) in [4.78, 5) is 16.1. The van der Waals surface area contributed by atoms with Gasteiger partial charge in [-0.3, -0.25) is 9.78 Å². The fourth-order valence-electron chi connectivity index (χ4n) is 2.96. The molecule has 24 heavy (non-hydrogen) atoms. The van der Waals surface area contributed by atoms with Crippen LogP contribution < -0.4 is 0 Å². The number of rotatable bonds is 4. The zero-order valence-electron chi connectivity index (χ0n) is 13.6. The maximum absolute atomic E-state index is 11.7. The normalized spacial score (nSPS) is 18.8. The standard InChI is InChI=1S/C19H21NO4/c1-13(21)14-2-3-15-12-20-17(11-16(15)10-14)4-5-19(18(22)23)6-8-24-9-7-19/h2-5,10-13,21H,6-9H2,1H3,(H,22,23)/b5-4+/t13-/m1/s1. The first kappa shape index (κ1) is 16.6. The van der Waals surface area contributed by atoms with E-state index in [2.05, 4.69) is 4.98 Å². The molecule has 2 aromatic rings. The lowest BCUT2D eigenvalue weighted by atomic mass is 9.80. The second-order valence-electron chi connectivity index (χ2n) is 6.30. The third-order valence-electron chi connectivity index (χ3n) is 4.63. The van der Waals surface area contributed by atoms with Crippen molar-refractivity contribution in [2.45, 2.75) is 25.9 Å². The first-order valence-corrected chi connectivity index (χ1v) is 8.08. The number of ether oxygens (including phenoxy) is 1. The molecule has 0 unspecified atom stereocenters. The van der Waals surface area contributed by atoms with Gasteiger partial charge in [-0.05, 0) is 48.9 Å². The van der Waals surface area contributed by atoms with Gasteiger partial charge >= 0.3 is 5.97 Å². The van der Waals surface area contributed by atoms with Crippen LogP contribution in [0.5, 0.6) is 0 Å². The van der Waals surface area contributed by atoms with Crippen LogP contribution in [0.2, 0.25) is 0 Å². The Morgan fingerprint density at radius 3 is 2.71 bits per heavy atom. The van der Waals surface area contributed by atoms with E-state index >= 15 is 0 Å². The molecule has 1 fully saturated rings. The molecule has 0 amide bonds. The number of benzene rings is 1. The van der Waals surface area contributed by atoms with E-state index in [9.17, 15) is 15.0 Å². The number of carbonyl (C=O) groups is 1. The third-order valence-corrected chi connectivity index (χ3v) is 4.63. The molecule has 1 saturated heterocycles. The van der Waals surface area contributed by atoms with E-state index in [1.807, 2.05) is 24.3 Å². The van der Waals surface area contributed by atoms with Crippen molar-refractivity contribution in [3.63, 3.8) is 0 Å². The molecule has 1 atom stereocenters.